The van der Waals surface area contributed by atoms with Crippen molar-refractivity contribution in [3.05, 3.63) is 101 Å². The Labute approximate surface area is 170 Å². The molecule has 3 aromatic rings. The van der Waals surface area contributed by atoms with Gasteiger partial charge in [-0.25, -0.2) is 0 Å². The first-order chi connectivity index (χ1) is 14.1. The van der Waals surface area contributed by atoms with E-state index in [4.69, 9.17) is 5.73 Å². The van der Waals surface area contributed by atoms with E-state index in [0.29, 0.717) is 18.5 Å². The molecule has 29 heavy (non-hydrogen) atoms. The van der Waals surface area contributed by atoms with Gasteiger partial charge >= 0.3 is 0 Å². The molecule has 1 heterocycles. The number of primary amides is 1. The minimum absolute atomic E-state index is 0.320. The van der Waals surface area contributed by atoms with Crippen LogP contribution in [0, 0.1) is 0 Å². The second-order valence-electron chi connectivity index (χ2n) is 6.78. The lowest BCUT2D eigenvalue weighted by molar-refractivity contribution is -0.119. The molecule has 0 aliphatic heterocycles. The van der Waals surface area contributed by atoms with E-state index in [1.165, 1.54) is 0 Å². The lowest BCUT2D eigenvalue weighted by Gasteiger charge is -2.16. The van der Waals surface area contributed by atoms with Crippen molar-refractivity contribution in [1.82, 2.24) is 15.6 Å². The normalized spacial score (nSPS) is 11.6. The fraction of sp³-hybridized carbons (Fsp3) is 0.174. The first-order valence-electron chi connectivity index (χ1n) is 9.44. The molecule has 148 valence electrons. The molecule has 1 aromatic heterocycles. The predicted octanol–water partition coefficient (Wildman–Crippen LogP) is 2.20. The molecule has 3 rings (SSSR count). The summed E-state index contributed by atoms with van der Waals surface area (Å²) in [5.74, 6) is -0.877. The van der Waals surface area contributed by atoms with E-state index < -0.39 is 11.9 Å². The van der Waals surface area contributed by atoms with Crippen molar-refractivity contribution in [1.29, 1.82) is 0 Å². The largest absolute Gasteiger partial charge is 0.368 e. The Morgan fingerprint density at radius 1 is 0.862 bits per heavy atom. The quantitative estimate of drug-likeness (QED) is 0.523. The molecule has 0 radical (unpaired) electrons. The van der Waals surface area contributed by atoms with Gasteiger partial charge in [0.25, 0.3) is 5.91 Å². The number of hydrogen-bond donors (Lipinski definition) is 3. The van der Waals surface area contributed by atoms with Gasteiger partial charge in [-0.05, 0) is 34.9 Å². The van der Waals surface area contributed by atoms with Gasteiger partial charge in [-0.3, -0.25) is 14.6 Å². The molecule has 0 saturated carbocycles. The summed E-state index contributed by atoms with van der Waals surface area (Å²) < 4.78 is 0. The van der Waals surface area contributed by atoms with E-state index in [1.807, 2.05) is 60.8 Å². The van der Waals surface area contributed by atoms with Crippen molar-refractivity contribution in [2.24, 2.45) is 5.73 Å². The van der Waals surface area contributed by atoms with Gasteiger partial charge in [-0.1, -0.05) is 48.5 Å². The van der Waals surface area contributed by atoms with E-state index in [1.54, 1.807) is 18.3 Å². The summed E-state index contributed by atoms with van der Waals surface area (Å²) in [6, 6.07) is 19.9. The molecule has 0 spiro atoms. The molecule has 0 saturated heterocycles. The molecule has 6 heteroatoms. The molecule has 4 N–H and O–H groups in total. The van der Waals surface area contributed by atoms with Gasteiger partial charge in [0.1, 0.15) is 6.04 Å². The van der Waals surface area contributed by atoms with Crippen molar-refractivity contribution in [2.75, 3.05) is 0 Å². The minimum atomic E-state index is -0.759. The first kappa shape index (κ1) is 20.2. The van der Waals surface area contributed by atoms with Gasteiger partial charge in [0.05, 0.1) is 0 Å². The number of aromatic nitrogens is 1. The molecule has 2 amide bonds. The van der Waals surface area contributed by atoms with Crippen molar-refractivity contribution < 1.29 is 9.59 Å². The fourth-order valence-corrected chi connectivity index (χ4v) is 2.94. The number of nitrogens with one attached hydrogen (secondary N) is 2. The highest BCUT2D eigenvalue weighted by Crippen LogP contribution is 2.08. The summed E-state index contributed by atoms with van der Waals surface area (Å²) in [4.78, 5) is 28.4. The molecule has 0 bridgehead atoms. The summed E-state index contributed by atoms with van der Waals surface area (Å²) in [6.07, 6.45) is 3.93. The first-order valence-corrected chi connectivity index (χ1v) is 9.44. The van der Waals surface area contributed by atoms with Crippen LogP contribution in [0.4, 0.5) is 0 Å². The van der Waals surface area contributed by atoms with Gasteiger partial charge in [0, 0.05) is 37.5 Å². The molecule has 2 aromatic carbocycles. The van der Waals surface area contributed by atoms with Crippen LogP contribution in [0.25, 0.3) is 0 Å². The zero-order valence-corrected chi connectivity index (χ0v) is 16.0. The van der Waals surface area contributed by atoms with Gasteiger partial charge in [-0.15, -0.1) is 0 Å². The summed E-state index contributed by atoms with van der Waals surface area (Å²) in [5, 5.41) is 6.07. The van der Waals surface area contributed by atoms with Crippen molar-refractivity contribution in [2.45, 2.75) is 25.6 Å². The average molecular weight is 388 g/mol. The van der Waals surface area contributed by atoms with Crippen LogP contribution >= 0.6 is 0 Å². The average Bonchev–Trinajstić information content (AvgIpc) is 2.75. The Balaban J connectivity index is 1.54. The summed E-state index contributed by atoms with van der Waals surface area (Å²) in [6.45, 7) is 1.39. The van der Waals surface area contributed by atoms with Crippen LogP contribution in [0.1, 0.15) is 27.0 Å². The van der Waals surface area contributed by atoms with Crippen molar-refractivity contribution >= 4 is 11.8 Å². The van der Waals surface area contributed by atoms with Gasteiger partial charge < -0.3 is 16.4 Å². The molecular formula is C23H24N4O2. The number of benzene rings is 2. The van der Waals surface area contributed by atoms with Crippen LogP contribution in [0.3, 0.4) is 0 Å². The van der Waals surface area contributed by atoms with Gasteiger partial charge in [-0.2, -0.15) is 0 Å². The number of hydrogen-bond acceptors (Lipinski definition) is 4. The third-order valence-electron chi connectivity index (χ3n) is 4.53. The molecule has 1 atom stereocenters. The second kappa shape index (κ2) is 10.1. The van der Waals surface area contributed by atoms with Crippen LogP contribution in [-0.4, -0.2) is 22.8 Å². The number of carbonyl (C=O) groups is 2. The smallest absolute Gasteiger partial charge is 0.251 e. The molecule has 0 unspecified atom stereocenters. The van der Waals surface area contributed by atoms with Crippen LogP contribution in [0.2, 0.25) is 0 Å². The molecule has 0 aliphatic rings. The van der Waals surface area contributed by atoms with E-state index in [9.17, 15) is 9.59 Å². The van der Waals surface area contributed by atoms with E-state index in [0.717, 1.165) is 23.2 Å². The van der Waals surface area contributed by atoms with Gasteiger partial charge in [0.2, 0.25) is 5.91 Å². The number of nitrogens with two attached hydrogens (primary N) is 1. The maximum Gasteiger partial charge on any atom is 0.251 e. The SMILES string of the molecule is NC(=O)[C@H](Cc1ccccc1)NC(=O)c1ccc(CNCc2cccnc2)cc1. The van der Waals surface area contributed by atoms with E-state index in [-0.39, 0.29) is 5.91 Å². The third kappa shape index (κ3) is 6.26. The molecule has 6 nitrogen and oxygen atoms in total. The summed E-state index contributed by atoms with van der Waals surface area (Å²) in [5.41, 5.74) is 9.06. The lowest BCUT2D eigenvalue weighted by Crippen LogP contribution is -2.45. The Hall–Kier alpha value is -3.51. The maximum atomic E-state index is 12.5. The number of amides is 2. The topological polar surface area (TPSA) is 97.1 Å². The maximum absolute atomic E-state index is 12.5. The minimum Gasteiger partial charge on any atom is -0.368 e. The van der Waals surface area contributed by atoms with Crippen LogP contribution < -0.4 is 16.4 Å². The van der Waals surface area contributed by atoms with Crippen LogP contribution in [0.5, 0.6) is 0 Å². The highest BCUT2D eigenvalue weighted by molar-refractivity contribution is 5.97. The zero-order valence-electron chi connectivity index (χ0n) is 16.0. The highest BCUT2D eigenvalue weighted by atomic mass is 16.2. The monoisotopic (exact) mass is 388 g/mol. The third-order valence-corrected chi connectivity index (χ3v) is 4.53. The van der Waals surface area contributed by atoms with Crippen LogP contribution in [-0.2, 0) is 24.3 Å². The number of rotatable bonds is 9. The van der Waals surface area contributed by atoms with Crippen molar-refractivity contribution in [3.8, 4) is 0 Å². The number of carbonyl (C=O) groups excluding carboxylic acids is 2. The zero-order chi connectivity index (χ0) is 20.5. The van der Waals surface area contributed by atoms with E-state index in [2.05, 4.69) is 15.6 Å². The molecule has 0 aliphatic carbocycles. The standard InChI is InChI=1S/C23H24N4O2/c24-22(28)21(13-17-5-2-1-3-6-17)27-23(29)20-10-8-18(9-11-20)14-26-16-19-7-4-12-25-15-19/h1-12,15,21,26H,13-14,16H2,(H2,24,28)(H,27,29)/t21-/m0/s1. The Morgan fingerprint density at radius 2 is 1.55 bits per heavy atom. The Morgan fingerprint density at radius 3 is 2.21 bits per heavy atom. The second-order valence-corrected chi connectivity index (χ2v) is 6.78. The fourth-order valence-electron chi connectivity index (χ4n) is 2.94. The molecular weight excluding hydrogens is 364 g/mol. The summed E-state index contributed by atoms with van der Waals surface area (Å²) in [7, 11) is 0. The van der Waals surface area contributed by atoms with Crippen LogP contribution in [0.15, 0.2) is 79.1 Å². The molecule has 0 fully saturated rings. The van der Waals surface area contributed by atoms with Crippen molar-refractivity contribution in [3.63, 3.8) is 0 Å². The lowest BCUT2D eigenvalue weighted by atomic mass is 10.0. The number of nitrogens with zero attached hydrogens (tertiary/aromatic N) is 1. The Kier molecular flexibility index (Phi) is 7.08. The Bertz CT molecular complexity index is 928. The van der Waals surface area contributed by atoms with Gasteiger partial charge in [0.15, 0.2) is 0 Å². The predicted molar refractivity (Wildman–Crippen MR) is 112 cm³/mol. The number of pyridine rings is 1. The van der Waals surface area contributed by atoms with E-state index >= 15 is 0 Å². The summed E-state index contributed by atoms with van der Waals surface area (Å²) >= 11 is 0. The highest BCUT2D eigenvalue weighted by Gasteiger charge is 2.19.